The smallest absolute Gasteiger partial charge is 0.227 e. The van der Waals surface area contributed by atoms with Crippen LogP contribution < -0.4 is 10.2 Å². The highest BCUT2D eigenvalue weighted by molar-refractivity contribution is 6.01. The summed E-state index contributed by atoms with van der Waals surface area (Å²) in [7, 11) is 0. The average Bonchev–Trinajstić information content (AvgIpc) is 3.03. The van der Waals surface area contributed by atoms with Crippen molar-refractivity contribution in [1.29, 1.82) is 0 Å². The van der Waals surface area contributed by atoms with Crippen molar-refractivity contribution in [3.8, 4) is 0 Å². The van der Waals surface area contributed by atoms with Crippen molar-refractivity contribution in [2.24, 2.45) is 5.92 Å². The van der Waals surface area contributed by atoms with Crippen molar-refractivity contribution in [2.45, 2.75) is 71.3 Å². The molecule has 1 heterocycles. The first-order valence-electron chi connectivity index (χ1n) is 9.85. The molecule has 1 aromatic carbocycles. The zero-order valence-electron chi connectivity index (χ0n) is 15.5. The van der Waals surface area contributed by atoms with Crippen LogP contribution in [0.25, 0.3) is 0 Å². The van der Waals surface area contributed by atoms with Crippen molar-refractivity contribution in [1.82, 2.24) is 5.32 Å². The zero-order valence-corrected chi connectivity index (χ0v) is 15.5. The predicted molar refractivity (Wildman–Crippen MR) is 101 cm³/mol. The van der Waals surface area contributed by atoms with E-state index in [0.717, 1.165) is 31.4 Å². The Morgan fingerprint density at radius 3 is 2.36 bits per heavy atom. The molecule has 0 radical (unpaired) electrons. The van der Waals surface area contributed by atoms with Gasteiger partial charge in [0, 0.05) is 24.7 Å². The summed E-state index contributed by atoms with van der Waals surface area (Å²) in [6, 6.07) is 6.56. The number of carbonyl (C=O) groups is 2. The molecular formula is C21H30N2O2. The highest BCUT2D eigenvalue weighted by atomic mass is 16.2. The van der Waals surface area contributed by atoms with Gasteiger partial charge in [0.15, 0.2) is 0 Å². The predicted octanol–water partition coefficient (Wildman–Crippen LogP) is 3.61. The standard InChI is InChI=1S/C21H30N2O2/c1-3-15-9-8-10-16(4-2)20(15)23-14-17(13-19(23)24)21(25)22-18-11-6-5-7-12-18/h8-10,17-18H,3-7,11-14H2,1-2H3,(H,22,25). The molecule has 1 aromatic rings. The van der Waals surface area contributed by atoms with Crippen LogP contribution in [0.4, 0.5) is 5.69 Å². The minimum absolute atomic E-state index is 0.0646. The normalized spacial score (nSPS) is 21.6. The Hall–Kier alpha value is -1.84. The summed E-state index contributed by atoms with van der Waals surface area (Å²) in [6.07, 6.45) is 7.95. The van der Waals surface area contributed by atoms with Gasteiger partial charge < -0.3 is 10.2 Å². The van der Waals surface area contributed by atoms with Gasteiger partial charge in [0.05, 0.1) is 5.92 Å². The van der Waals surface area contributed by atoms with E-state index < -0.39 is 0 Å². The first-order valence-corrected chi connectivity index (χ1v) is 9.85. The molecule has 25 heavy (non-hydrogen) atoms. The lowest BCUT2D eigenvalue weighted by Crippen LogP contribution is -2.40. The van der Waals surface area contributed by atoms with Crippen LogP contribution in [0.1, 0.15) is 63.5 Å². The summed E-state index contributed by atoms with van der Waals surface area (Å²) in [5, 5.41) is 3.19. The highest BCUT2D eigenvalue weighted by Crippen LogP contribution is 2.32. The molecule has 1 aliphatic carbocycles. The number of hydrogen-bond acceptors (Lipinski definition) is 2. The summed E-state index contributed by atoms with van der Waals surface area (Å²) in [4.78, 5) is 27.2. The first kappa shape index (κ1) is 18.0. The first-order chi connectivity index (χ1) is 12.1. The van der Waals surface area contributed by atoms with E-state index in [2.05, 4.69) is 37.4 Å². The molecule has 2 amide bonds. The fourth-order valence-corrected chi connectivity index (χ4v) is 4.23. The molecule has 136 valence electrons. The van der Waals surface area contributed by atoms with Crippen LogP contribution in [0, 0.1) is 5.92 Å². The quantitative estimate of drug-likeness (QED) is 0.888. The second kappa shape index (κ2) is 8.03. The van der Waals surface area contributed by atoms with E-state index in [1.807, 2.05) is 4.90 Å². The second-order valence-corrected chi connectivity index (χ2v) is 7.38. The van der Waals surface area contributed by atoms with Gasteiger partial charge in [0.1, 0.15) is 0 Å². The molecule has 2 fully saturated rings. The Balaban J connectivity index is 1.73. The van der Waals surface area contributed by atoms with Crippen molar-refractivity contribution >= 4 is 17.5 Å². The topological polar surface area (TPSA) is 49.4 Å². The number of aryl methyl sites for hydroxylation is 2. The highest BCUT2D eigenvalue weighted by Gasteiger charge is 2.37. The van der Waals surface area contributed by atoms with Crippen molar-refractivity contribution in [2.75, 3.05) is 11.4 Å². The zero-order chi connectivity index (χ0) is 17.8. The summed E-state index contributed by atoms with van der Waals surface area (Å²) in [5.74, 6) is -0.0711. The summed E-state index contributed by atoms with van der Waals surface area (Å²) >= 11 is 0. The third kappa shape index (κ3) is 3.88. The molecule has 2 aliphatic rings. The number of anilines is 1. The third-order valence-corrected chi connectivity index (χ3v) is 5.68. The number of para-hydroxylation sites is 1. The lowest BCUT2D eigenvalue weighted by atomic mass is 9.95. The van der Waals surface area contributed by atoms with E-state index >= 15 is 0 Å². The van der Waals surface area contributed by atoms with E-state index in [0.29, 0.717) is 19.0 Å². The van der Waals surface area contributed by atoms with E-state index in [1.165, 1.54) is 30.4 Å². The van der Waals surface area contributed by atoms with Gasteiger partial charge in [-0.25, -0.2) is 0 Å². The van der Waals surface area contributed by atoms with Gasteiger partial charge in [-0.05, 0) is 36.8 Å². The molecule has 1 aliphatic heterocycles. The molecule has 0 spiro atoms. The van der Waals surface area contributed by atoms with Gasteiger partial charge in [0.2, 0.25) is 11.8 Å². The van der Waals surface area contributed by atoms with E-state index in [9.17, 15) is 9.59 Å². The molecule has 4 nitrogen and oxygen atoms in total. The molecule has 0 bridgehead atoms. The van der Waals surface area contributed by atoms with Gasteiger partial charge in [0.25, 0.3) is 0 Å². The van der Waals surface area contributed by atoms with Crippen LogP contribution in [0.5, 0.6) is 0 Å². The number of carbonyl (C=O) groups excluding carboxylic acids is 2. The minimum Gasteiger partial charge on any atom is -0.353 e. The van der Waals surface area contributed by atoms with Crippen LogP contribution in [0.2, 0.25) is 0 Å². The van der Waals surface area contributed by atoms with E-state index in [4.69, 9.17) is 0 Å². The van der Waals surface area contributed by atoms with Gasteiger partial charge in [-0.2, -0.15) is 0 Å². The maximum atomic E-state index is 12.7. The fourth-order valence-electron chi connectivity index (χ4n) is 4.23. The van der Waals surface area contributed by atoms with Gasteiger partial charge >= 0.3 is 0 Å². The summed E-state index contributed by atoms with van der Waals surface area (Å²) < 4.78 is 0. The Kier molecular flexibility index (Phi) is 5.77. The van der Waals surface area contributed by atoms with Crippen LogP contribution in [-0.2, 0) is 22.4 Å². The van der Waals surface area contributed by atoms with Crippen LogP contribution in [0.15, 0.2) is 18.2 Å². The Labute approximate surface area is 151 Å². The van der Waals surface area contributed by atoms with Crippen LogP contribution in [0.3, 0.4) is 0 Å². The third-order valence-electron chi connectivity index (χ3n) is 5.68. The number of benzene rings is 1. The average molecular weight is 342 g/mol. The van der Waals surface area contributed by atoms with Gasteiger partial charge in [-0.3, -0.25) is 9.59 Å². The van der Waals surface area contributed by atoms with Crippen LogP contribution in [-0.4, -0.2) is 24.4 Å². The number of nitrogens with zero attached hydrogens (tertiary/aromatic N) is 1. The van der Waals surface area contributed by atoms with Gasteiger partial charge in [-0.15, -0.1) is 0 Å². The molecule has 1 saturated heterocycles. The molecule has 0 aromatic heterocycles. The fraction of sp³-hybridized carbons (Fsp3) is 0.619. The maximum Gasteiger partial charge on any atom is 0.227 e. The Morgan fingerprint density at radius 2 is 1.76 bits per heavy atom. The largest absolute Gasteiger partial charge is 0.353 e. The summed E-state index contributed by atoms with van der Waals surface area (Å²) in [6.45, 7) is 4.75. The van der Waals surface area contributed by atoms with Crippen LogP contribution >= 0.6 is 0 Å². The monoisotopic (exact) mass is 342 g/mol. The van der Waals surface area contributed by atoms with E-state index in [-0.39, 0.29) is 17.7 Å². The number of nitrogens with one attached hydrogen (secondary N) is 1. The molecule has 1 unspecified atom stereocenters. The van der Waals surface area contributed by atoms with Crippen molar-refractivity contribution in [3.05, 3.63) is 29.3 Å². The molecule has 1 N–H and O–H groups in total. The maximum absolute atomic E-state index is 12.7. The van der Waals surface area contributed by atoms with E-state index in [1.54, 1.807) is 0 Å². The molecule has 3 rings (SSSR count). The Bertz CT molecular complexity index is 613. The SMILES string of the molecule is CCc1cccc(CC)c1N1CC(C(=O)NC2CCCCC2)CC1=O. The lowest BCUT2D eigenvalue weighted by molar-refractivity contribution is -0.127. The minimum atomic E-state index is -0.218. The molecule has 4 heteroatoms. The molecule has 1 atom stereocenters. The molecular weight excluding hydrogens is 312 g/mol. The number of amides is 2. The lowest BCUT2D eigenvalue weighted by Gasteiger charge is -2.25. The summed E-state index contributed by atoms with van der Waals surface area (Å²) in [5.41, 5.74) is 3.44. The number of hydrogen-bond donors (Lipinski definition) is 1. The van der Waals surface area contributed by atoms with Crippen molar-refractivity contribution < 1.29 is 9.59 Å². The second-order valence-electron chi connectivity index (χ2n) is 7.38. The Morgan fingerprint density at radius 1 is 1.12 bits per heavy atom. The van der Waals surface area contributed by atoms with Gasteiger partial charge in [-0.1, -0.05) is 51.3 Å². The van der Waals surface area contributed by atoms with Crippen molar-refractivity contribution in [3.63, 3.8) is 0 Å². The number of rotatable bonds is 5. The molecule has 1 saturated carbocycles.